The first kappa shape index (κ1) is 18.1. The second-order valence-corrected chi connectivity index (χ2v) is 7.89. The molecule has 0 saturated heterocycles. The monoisotopic (exact) mass is 393 g/mol. The molecule has 1 aliphatic carbocycles. The Morgan fingerprint density at radius 3 is 2.69 bits per heavy atom. The molecular formula is C21H23N5O3. The number of benzene rings is 1. The zero-order chi connectivity index (χ0) is 20.2. The number of para-hydroxylation sites is 2. The van der Waals surface area contributed by atoms with Crippen LogP contribution in [-0.2, 0) is 5.60 Å². The van der Waals surface area contributed by atoms with Crippen LogP contribution in [0.2, 0.25) is 0 Å². The van der Waals surface area contributed by atoms with E-state index in [0.717, 1.165) is 30.3 Å². The Morgan fingerprint density at radius 2 is 1.97 bits per heavy atom. The van der Waals surface area contributed by atoms with Gasteiger partial charge in [-0.1, -0.05) is 24.2 Å². The first-order valence-corrected chi connectivity index (χ1v) is 10.1. The third-order valence-electron chi connectivity index (χ3n) is 6.09. The number of hydrogen-bond acceptors (Lipinski definition) is 6. The zero-order valence-corrected chi connectivity index (χ0v) is 16.5. The number of imidazole rings is 1. The molecule has 4 aromatic rings. The van der Waals surface area contributed by atoms with E-state index in [9.17, 15) is 9.90 Å². The van der Waals surface area contributed by atoms with Crippen molar-refractivity contribution in [1.82, 2.24) is 24.1 Å². The fourth-order valence-electron chi connectivity index (χ4n) is 4.30. The van der Waals surface area contributed by atoms with Gasteiger partial charge in [-0.15, -0.1) is 0 Å². The molecule has 8 nitrogen and oxygen atoms in total. The fourth-order valence-corrected chi connectivity index (χ4v) is 4.30. The van der Waals surface area contributed by atoms with Gasteiger partial charge in [-0.25, -0.2) is 4.98 Å². The van der Waals surface area contributed by atoms with E-state index >= 15 is 0 Å². The summed E-state index contributed by atoms with van der Waals surface area (Å²) in [4.78, 5) is 22.4. The lowest BCUT2D eigenvalue weighted by molar-refractivity contribution is 0.0112. The maximum absolute atomic E-state index is 13.5. The van der Waals surface area contributed by atoms with E-state index in [-0.39, 0.29) is 23.3 Å². The molecule has 0 aliphatic heterocycles. The topological polar surface area (TPSA) is 98.5 Å². The Bertz CT molecular complexity index is 1260. The summed E-state index contributed by atoms with van der Waals surface area (Å²) in [5.41, 5.74) is 1.31. The Kier molecular flexibility index (Phi) is 4.06. The van der Waals surface area contributed by atoms with Gasteiger partial charge < -0.3 is 14.2 Å². The maximum Gasteiger partial charge on any atom is 0.278 e. The molecule has 1 saturated carbocycles. The summed E-state index contributed by atoms with van der Waals surface area (Å²) in [5, 5.41) is 14.8. The fraction of sp³-hybridized carbons (Fsp3) is 0.429. The normalized spacial score (nSPS) is 17.3. The summed E-state index contributed by atoms with van der Waals surface area (Å²) in [6, 6.07) is 7.81. The number of aliphatic hydroxyl groups is 1. The number of rotatable bonds is 4. The van der Waals surface area contributed by atoms with Gasteiger partial charge in [-0.3, -0.25) is 9.20 Å². The molecule has 1 aromatic carbocycles. The molecule has 150 valence electrons. The molecule has 0 radical (unpaired) electrons. The summed E-state index contributed by atoms with van der Waals surface area (Å²) < 4.78 is 8.97. The molecule has 1 fully saturated rings. The van der Waals surface area contributed by atoms with Gasteiger partial charge in [-0.2, -0.15) is 4.98 Å². The van der Waals surface area contributed by atoms with E-state index in [1.807, 2.05) is 31.2 Å². The highest BCUT2D eigenvalue weighted by molar-refractivity contribution is 5.83. The minimum Gasteiger partial charge on any atom is -0.380 e. The van der Waals surface area contributed by atoms with Gasteiger partial charge in [0.05, 0.1) is 11.0 Å². The molecule has 5 rings (SSSR count). The molecule has 0 amide bonds. The second-order valence-electron chi connectivity index (χ2n) is 7.89. The van der Waals surface area contributed by atoms with Crippen LogP contribution in [-0.4, -0.2) is 29.2 Å². The smallest absolute Gasteiger partial charge is 0.278 e. The molecule has 0 bridgehead atoms. The van der Waals surface area contributed by atoms with Crippen molar-refractivity contribution in [2.45, 2.75) is 57.6 Å². The van der Waals surface area contributed by atoms with Gasteiger partial charge >= 0.3 is 0 Å². The molecule has 29 heavy (non-hydrogen) atoms. The van der Waals surface area contributed by atoms with Crippen LogP contribution in [0, 0.1) is 0 Å². The highest BCUT2D eigenvalue weighted by Gasteiger charge is 2.39. The van der Waals surface area contributed by atoms with Crippen LogP contribution in [0.15, 0.2) is 39.9 Å². The van der Waals surface area contributed by atoms with Gasteiger partial charge in [0, 0.05) is 6.04 Å². The van der Waals surface area contributed by atoms with E-state index in [2.05, 4.69) is 22.0 Å². The van der Waals surface area contributed by atoms with Crippen LogP contribution >= 0.6 is 0 Å². The molecule has 1 N–H and O–H groups in total. The highest BCUT2D eigenvalue weighted by atomic mass is 16.5. The van der Waals surface area contributed by atoms with Gasteiger partial charge in [0.2, 0.25) is 5.82 Å². The predicted octanol–water partition coefficient (Wildman–Crippen LogP) is 3.43. The number of fused-ring (bicyclic) bond motifs is 3. The first-order chi connectivity index (χ1) is 14.0. The highest BCUT2D eigenvalue weighted by Crippen LogP contribution is 2.38. The molecule has 3 aromatic heterocycles. The van der Waals surface area contributed by atoms with Crippen LogP contribution in [0.25, 0.3) is 28.1 Å². The molecule has 8 heteroatoms. The summed E-state index contributed by atoms with van der Waals surface area (Å²) in [6.07, 6.45) is 5.49. The lowest BCUT2D eigenvalue weighted by Gasteiger charge is -2.17. The quantitative estimate of drug-likeness (QED) is 0.570. The van der Waals surface area contributed by atoms with Crippen molar-refractivity contribution >= 4 is 16.6 Å². The lowest BCUT2D eigenvalue weighted by Crippen LogP contribution is -2.25. The average molecular weight is 393 g/mol. The number of aromatic nitrogens is 5. The Labute approximate surface area is 166 Å². The average Bonchev–Trinajstić information content (AvgIpc) is 3.47. The van der Waals surface area contributed by atoms with Crippen LogP contribution in [0.4, 0.5) is 0 Å². The predicted molar refractivity (Wildman–Crippen MR) is 108 cm³/mol. The van der Waals surface area contributed by atoms with Crippen molar-refractivity contribution in [1.29, 1.82) is 0 Å². The largest absolute Gasteiger partial charge is 0.380 e. The van der Waals surface area contributed by atoms with E-state index in [0.29, 0.717) is 24.1 Å². The minimum atomic E-state index is -1.08. The second kappa shape index (κ2) is 6.52. The van der Waals surface area contributed by atoms with Crippen molar-refractivity contribution in [3.63, 3.8) is 0 Å². The Balaban J connectivity index is 1.76. The molecule has 1 atom stereocenters. The van der Waals surface area contributed by atoms with E-state index in [1.165, 1.54) is 0 Å². The van der Waals surface area contributed by atoms with E-state index in [4.69, 9.17) is 4.52 Å². The van der Waals surface area contributed by atoms with E-state index in [1.54, 1.807) is 15.3 Å². The van der Waals surface area contributed by atoms with Crippen molar-refractivity contribution in [2.24, 2.45) is 0 Å². The molecule has 0 spiro atoms. The van der Waals surface area contributed by atoms with Crippen LogP contribution in [0.1, 0.15) is 57.9 Å². The van der Waals surface area contributed by atoms with Gasteiger partial charge in [0.25, 0.3) is 11.4 Å². The number of nitrogens with zero attached hydrogens (tertiary/aromatic N) is 5. The molecule has 3 heterocycles. The van der Waals surface area contributed by atoms with Gasteiger partial charge in [-0.05, 0) is 51.2 Å². The summed E-state index contributed by atoms with van der Waals surface area (Å²) >= 11 is 0. The van der Waals surface area contributed by atoms with Crippen molar-refractivity contribution in [2.75, 3.05) is 0 Å². The third kappa shape index (κ3) is 2.62. The Hall–Kier alpha value is -3.00. The first-order valence-electron chi connectivity index (χ1n) is 10.1. The molecule has 1 unspecified atom stereocenters. The van der Waals surface area contributed by atoms with Gasteiger partial charge in [0.15, 0.2) is 0 Å². The van der Waals surface area contributed by atoms with Crippen molar-refractivity contribution in [3.8, 4) is 11.5 Å². The summed E-state index contributed by atoms with van der Waals surface area (Å²) in [7, 11) is 0. The summed E-state index contributed by atoms with van der Waals surface area (Å²) in [5.74, 6) is 0.431. The van der Waals surface area contributed by atoms with E-state index < -0.39 is 5.60 Å². The maximum atomic E-state index is 13.5. The molecule has 1 aliphatic rings. The van der Waals surface area contributed by atoms with Crippen LogP contribution < -0.4 is 5.56 Å². The van der Waals surface area contributed by atoms with Crippen LogP contribution in [0.3, 0.4) is 0 Å². The minimum absolute atomic E-state index is 0.0279. The van der Waals surface area contributed by atoms with Crippen molar-refractivity contribution in [3.05, 3.63) is 46.8 Å². The lowest BCUT2D eigenvalue weighted by atomic mass is 10.0. The van der Waals surface area contributed by atoms with Gasteiger partial charge in [0.1, 0.15) is 23.1 Å². The van der Waals surface area contributed by atoms with Crippen molar-refractivity contribution < 1.29 is 9.63 Å². The SMILES string of the molecule is CCC(C)n1c(=O)c2c(-c3noc(C4(O)CCCC4)n3)ncn2c2ccccc21. The zero-order valence-electron chi connectivity index (χ0n) is 16.5. The van der Waals surface area contributed by atoms with Crippen LogP contribution in [0.5, 0.6) is 0 Å². The Morgan fingerprint density at radius 1 is 1.24 bits per heavy atom. The third-order valence-corrected chi connectivity index (χ3v) is 6.09. The summed E-state index contributed by atoms with van der Waals surface area (Å²) in [6.45, 7) is 4.09. The number of hydrogen-bond donors (Lipinski definition) is 1. The molecular weight excluding hydrogens is 370 g/mol. The standard InChI is InChI=1S/C21H23N5O3/c1-3-13(2)26-15-9-5-4-8-14(15)25-12-22-16(17(25)19(26)27)18-23-20(29-24-18)21(28)10-6-7-11-21/h4-5,8-9,12-13,28H,3,6-7,10-11H2,1-2H3.